The lowest BCUT2D eigenvalue weighted by molar-refractivity contribution is 0.256. The third kappa shape index (κ3) is 1.43. The van der Waals surface area contributed by atoms with Crippen molar-refractivity contribution in [3.8, 4) is 0 Å². The Balaban J connectivity index is 2.23. The zero-order chi connectivity index (χ0) is 10.2. The number of aryl methyl sites for hydroxylation is 1. The molecule has 1 aromatic rings. The summed E-state index contributed by atoms with van der Waals surface area (Å²) in [5.74, 6) is 0. The molecular weight excluding hydrogens is 176 g/mol. The van der Waals surface area contributed by atoms with E-state index in [-0.39, 0.29) is 11.5 Å². The van der Waals surface area contributed by atoms with Crippen molar-refractivity contribution in [2.75, 3.05) is 0 Å². The summed E-state index contributed by atoms with van der Waals surface area (Å²) in [5, 5.41) is 7.81. The second-order valence-electron chi connectivity index (χ2n) is 4.62. The predicted molar refractivity (Wildman–Crippen MR) is 54.5 cm³/mol. The van der Waals surface area contributed by atoms with Crippen molar-refractivity contribution in [1.82, 2.24) is 15.0 Å². The van der Waals surface area contributed by atoms with Gasteiger partial charge < -0.3 is 5.73 Å². The second kappa shape index (κ2) is 3.35. The number of nitrogens with two attached hydrogens (primary N) is 1. The molecule has 1 heterocycles. The highest BCUT2D eigenvalue weighted by Crippen LogP contribution is 2.45. The first-order chi connectivity index (χ1) is 6.63. The van der Waals surface area contributed by atoms with Crippen LogP contribution in [0, 0.1) is 5.41 Å². The highest BCUT2D eigenvalue weighted by molar-refractivity contribution is 5.07. The fourth-order valence-electron chi connectivity index (χ4n) is 2.43. The monoisotopic (exact) mass is 194 g/mol. The van der Waals surface area contributed by atoms with Crippen molar-refractivity contribution >= 4 is 0 Å². The van der Waals surface area contributed by atoms with Crippen LogP contribution in [-0.4, -0.2) is 15.0 Å². The molecular formula is C10H18N4. The van der Waals surface area contributed by atoms with Crippen molar-refractivity contribution in [2.24, 2.45) is 18.2 Å². The minimum absolute atomic E-state index is 0.0741. The van der Waals surface area contributed by atoms with E-state index in [1.807, 2.05) is 7.05 Å². The van der Waals surface area contributed by atoms with E-state index < -0.39 is 0 Å². The van der Waals surface area contributed by atoms with Crippen molar-refractivity contribution < 1.29 is 0 Å². The van der Waals surface area contributed by atoms with Crippen molar-refractivity contribution in [3.63, 3.8) is 0 Å². The molecule has 1 fully saturated rings. The summed E-state index contributed by atoms with van der Waals surface area (Å²) < 4.78 is 1.79. The molecule has 4 nitrogen and oxygen atoms in total. The minimum atomic E-state index is 0.0741. The molecule has 78 valence electrons. The maximum atomic E-state index is 6.28. The molecule has 0 saturated heterocycles. The Hall–Kier alpha value is -0.900. The molecule has 1 aromatic heterocycles. The Labute approximate surface area is 84.5 Å². The van der Waals surface area contributed by atoms with Crippen LogP contribution in [-0.2, 0) is 7.05 Å². The molecule has 1 aliphatic carbocycles. The number of nitrogens with zero attached hydrogens (tertiary/aromatic N) is 3. The molecule has 1 atom stereocenters. The molecule has 14 heavy (non-hydrogen) atoms. The number of aromatic nitrogens is 3. The normalized spacial score (nSPS) is 22.5. The fourth-order valence-corrected chi connectivity index (χ4v) is 2.43. The number of hydrogen-bond acceptors (Lipinski definition) is 3. The Morgan fingerprint density at radius 1 is 1.50 bits per heavy atom. The Kier molecular flexibility index (Phi) is 2.31. The Morgan fingerprint density at radius 2 is 2.14 bits per heavy atom. The van der Waals surface area contributed by atoms with E-state index in [9.17, 15) is 0 Å². The zero-order valence-corrected chi connectivity index (χ0v) is 8.90. The third-order valence-corrected chi connectivity index (χ3v) is 3.56. The predicted octanol–water partition coefficient (Wildman–Crippen LogP) is 1.40. The zero-order valence-electron chi connectivity index (χ0n) is 8.90. The summed E-state index contributed by atoms with van der Waals surface area (Å²) >= 11 is 0. The summed E-state index contributed by atoms with van der Waals surface area (Å²) in [4.78, 5) is 0. The highest BCUT2D eigenvalue weighted by Gasteiger charge is 2.37. The SMILES string of the molecule is Cn1nncc1C(N)C1(C)CCCC1. The molecule has 0 amide bonds. The first kappa shape index (κ1) is 9.65. The average Bonchev–Trinajstić information content (AvgIpc) is 2.74. The van der Waals surface area contributed by atoms with Crippen molar-refractivity contribution in [2.45, 2.75) is 38.6 Å². The molecule has 1 aliphatic rings. The highest BCUT2D eigenvalue weighted by atomic mass is 15.4. The molecule has 0 radical (unpaired) electrons. The van der Waals surface area contributed by atoms with E-state index in [0.29, 0.717) is 0 Å². The van der Waals surface area contributed by atoms with Crippen molar-refractivity contribution in [1.29, 1.82) is 0 Å². The molecule has 2 rings (SSSR count). The summed E-state index contributed by atoms with van der Waals surface area (Å²) in [5.41, 5.74) is 7.57. The summed E-state index contributed by atoms with van der Waals surface area (Å²) in [7, 11) is 1.90. The average molecular weight is 194 g/mol. The molecule has 0 bridgehead atoms. The van der Waals surface area contributed by atoms with Crippen LogP contribution in [0.15, 0.2) is 6.20 Å². The van der Waals surface area contributed by atoms with Gasteiger partial charge >= 0.3 is 0 Å². The van der Waals surface area contributed by atoms with Gasteiger partial charge in [0.1, 0.15) is 0 Å². The maximum absolute atomic E-state index is 6.28. The molecule has 0 spiro atoms. The fraction of sp³-hybridized carbons (Fsp3) is 0.800. The largest absolute Gasteiger partial charge is 0.322 e. The van der Waals surface area contributed by atoms with Crippen molar-refractivity contribution in [3.05, 3.63) is 11.9 Å². The van der Waals surface area contributed by atoms with E-state index in [2.05, 4.69) is 17.2 Å². The first-order valence-electron chi connectivity index (χ1n) is 5.24. The summed E-state index contributed by atoms with van der Waals surface area (Å²) in [6.45, 7) is 2.28. The van der Waals surface area contributed by atoms with Gasteiger partial charge in [-0.05, 0) is 18.3 Å². The van der Waals surface area contributed by atoms with Gasteiger partial charge in [-0.3, -0.25) is 4.68 Å². The van der Waals surface area contributed by atoms with E-state index in [0.717, 1.165) is 5.69 Å². The lowest BCUT2D eigenvalue weighted by Gasteiger charge is -2.30. The molecule has 0 aromatic carbocycles. The van der Waals surface area contributed by atoms with Crippen LogP contribution in [0.2, 0.25) is 0 Å². The number of hydrogen-bond donors (Lipinski definition) is 1. The van der Waals surface area contributed by atoms with Gasteiger partial charge in [-0.25, -0.2) is 0 Å². The van der Waals surface area contributed by atoms with Gasteiger partial charge in [-0.1, -0.05) is 25.0 Å². The molecule has 1 unspecified atom stereocenters. The molecule has 4 heteroatoms. The van der Waals surface area contributed by atoms with Crippen LogP contribution in [0.5, 0.6) is 0 Å². The minimum Gasteiger partial charge on any atom is -0.322 e. The maximum Gasteiger partial charge on any atom is 0.0756 e. The lowest BCUT2D eigenvalue weighted by atomic mass is 9.80. The van der Waals surface area contributed by atoms with Crippen LogP contribution < -0.4 is 5.73 Å². The van der Waals surface area contributed by atoms with E-state index >= 15 is 0 Å². The van der Waals surface area contributed by atoms with Gasteiger partial charge in [0.15, 0.2) is 0 Å². The van der Waals surface area contributed by atoms with E-state index in [1.165, 1.54) is 25.7 Å². The summed E-state index contributed by atoms with van der Waals surface area (Å²) in [6.07, 6.45) is 6.83. The van der Waals surface area contributed by atoms with Gasteiger partial charge in [-0.2, -0.15) is 0 Å². The van der Waals surface area contributed by atoms with E-state index in [1.54, 1.807) is 10.9 Å². The number of rotatable bonds is 2. The van der Waals surface area contributed by atoms with Crippen LogP contribution >= 0.6 is 0 Å². The van der Waals surface area contributed by atoms with Gasteiger partial charge in [0.25, 0.3) is 0 Å². The van der Waals surface area contributed by atoms with Crippen LogP contribution in [0.25, 0.3) is 0 Å². The second-order valence-corrected chi connectivity index (χ2v) is 4.62. The molecule has 0 aliphatic heterocycles. The van der Waals surface area contributed by atoms with E-state index in [4.69, 9.17) is 5.73 Å². The van der Waals surface area contributed by atoms with Crippen LogP contribution in [0.4, 0.5) is 0 Å². The third-order valence-electron chi connectivity index (χ3n) is 3.56. The van der Waals surface area contributed by atoms with Crippen LogP contribution in [0.1, 0.15) is 44.3 Å². The summed E-state index contributed by atoms with van der Waals surface area (Å²) in [6, 6.07) is 0.0741. The lowest BCUT2D eigenvalue weighted by Crippen LogP contribution is -2.31. The molecule has 2 N–H and O–H groups in total. The first-order valence-corrected chi connectivity index (χ1v) is 5.24. The van der Waals surface area contributed by atoms with Crippen LogP contribution in [0.3, 0.4) is 0 Å². The van der Waals surface area contributed by atoms with Gasteiger partial charge in [0.2, 0.25) is 0 Å². The van der Waals surface area contributed by atoms with Gasteiger partial charge in [-0.15, -0.1) is 5.10 Å². The smallest absolute Gasteiger partial charge is 0.0756 e. The molecule has 1 saturated carbocycles. The Morgan fingerprint density at radius 3 is 2.64 bits per heavy atom. The Bertz CT molecular complexity index is 312. The topological polar surface area (TPSA) is 56.7 Å². The van der Waals surface area contributed by atoms with Gasteiger partial charge in [0.05, 0.1) is 17.9 Å². The standard InChI is InChI=1S/C10H18N4/c1-10(5-3-4-6-10)9(11)8-7-12-13-14(8)2/h7,9H,3-6,11H2,1-2H3. The quantitative estimate of drug-likeness (QED) is 0.774. The van der Waals surface area contributed by atoms with Gasteiger partial charge in [0, 0.05) is 7.05 Å².